The Balaban J connectivity index is 1.31. The number of fused-ring (bicyclic) bond motifs is 4. The molecule has 0 aliphatic carbocycles. The fourth-order valence-corrected chi connectivity index (χ4v) is 4.93. The Labute approximate surface area is 184 Å². The van der Waals surface area contributed by atoms with Crippen molar-refractivity contribution in [2.75, 3.05) is 26.2 Å². The number of carbonyl (C=O) groups excluding carboxylic acids is 1. The molecule has 0 spiro atoms. The smallest absolute Gasteiger partial charge is 0.416 e. The molecule has 8 heteroatoms. The molecule has 1 N–H and O–H groups in total. The first-order valence-corrected chi connectivity index (χ1v) is 11.0. The van der Waals surface area contributed by atoms with Gasteiger partial charge in [0.2, 0.25) is 0 Å². The lowest BCUT2D eigenvalue weighted by molar-refractivity contribution is -0.137. The van der Waals surface area contributed by atoms with Crippen LogP contribution >= 0.6 is 0 Å². The molecule has 2 bridgehead atoms. The van der Waals surface area contributed by atoms with Crippen LogP contribution in [0.3, 0.4) is 0 Å². The van der Waals surface area contributed by atoms with Crippen LogP contribution in [-0.2, 0) is 10.9 Å². The minimum absolute atomic E-state index is 0.0738. The molecule has 1 amide bonds. The molecule has 4 heterocycles. The van der Waals surface area contributed by atoms with Crippen molar-refractivity contribution in [3.05, 3.63) is 53.6 Å². The quantitative estimate of drug-likeness (QED) is 0.720. The van der Waals surface area contributed by atoms with Crippen molar-refractivity contribution in [3.8, 4) is 16.9 Å². The molecule has 2 atom stereocenters. The Morgan fingerprint density at radius 3 is 2.41 bits per heavy atom. The second-order valence-corrected chi connectivity index (χ2v) is 8.74. The summed E-state index contributed by atoms with van der Waals surface area (Å²) in [5.41, 5.74) is 1.55. The third-order valence-corrected chi connectivity index (χ3v) is 6.74. The van der Waals surface area contributed by atoms with Gasteiger partial charge in [-0.25, -0.2) is 4.79 Å². The summed E-state index contributed by atoms with van der Waals surface area (Å²) < 4.78 is 50.1. The van der Waals surface area contributed by atoms with Gasteiger partial charge in [-0.05, 0) is 67.2 Å². The molecule has 1 unspecified atom stereocenters. The van der Waals surface area contributed by atoms with Crippen LogP contribution in [0, 0.1) is 5.92 Å². The minimum Gasteiger partial charge on any atom is -0.493 e. The van der Waals surface area contributed by atoms with Gasteiger partial charge in [0.1, 0.15) is 11.9 Å². The standard InChI is InChI=1S/C24H25F3N2O3/c25-24(26,27)18-4-1-15(2-5-18)17-3-6-21-19(13-17)20(9-12-31-21)28-23(30)32-22-14-29-10-7-16(22)8-11-29/h1-6,13,16,20,22H,7-12,14H2,(H,28,30)/t20?,22-/m1/s1. The van der Waals surface area contributed by atoms with Gasteiger partial charge in [0.15, 0.2) is 0 Å². The van der Waals surface area contributed by atoms with E-state index >= 15 is 0 Å². The largest absolute Gasteiger partial charge is 0.493 e. The summed E-state index contributed by atoms with van der Waals surface area (Å²) in [5.74, 6) is 1.10. The number of alkyl carbamates (subject to hydrolysis) is 1. The molecule has 32 heavy (non-hydrogen) atoms. The van der Waals surface area contributed by atoms with Crippen molar-refractivity contribution in [2.45, 2.75) is 37.6 Å². The van der Waals surface area contributed by atoms with Crippen LogP contribution in [0.25, 0.3) is 11.1 Å². The van der Waals surface area contributed by atoms with E-state index in [1.807, 2.05) is 12.1 Å². The highest BCUT2D eigenvalue weighted by Gasteiger charge is 2.37. The second-order valence-electron chi connectivity index (χ2n) is 8.74. The van der Waals surface area contributed by atoms with E-state index in [0.717, 1.165) is 55.7 Å². The molecular weight excluding hydrogens is 421 g/mol. The van der Waals surface area contributed by atoms with Gasteiger partial charge >= 0.3 is 12.3 Å². The zero-order valence-electron chi connectivity index (χ0n) is 17.5. The normalized spacial score (nSPS) is 26.7. The number of halogens is 3. The van der Waals surface area contributed by atoms with E-state index in [1.54, 1.807) is 6.07 Å². The van der Waals surface area contributed by atoms with E-state index in [0.29, 0.717) is 30.3 Å². The zero-order chi connectivity index (χ0) is 22.3. The molecule has 3 saturated heterocycles. The van der Waals surface area contributed by atoms with Crippen molar-refractivity contribution >= 4 is 6.09 Å². The van der Waals surface area contributed by atoms with Crippen LogP contribution in [0.1, 0.15) is 36.4 Å². The lowest BCUT2D eigenvalue weighted by Gasteiger charge is -2.44. The molecule has 0 radical (unpaired) electrons. The number of hydrogen-bond acceptors (Lipinski definition) is 4. The maximum Gasteiger partial charge on any atom is 0.416 e. The number of hydrogen-bond donors (Lipinski definition) is 1. The molecule has 2 aromatic rings. The molecule has 170 valence electrons. The van der Waals surface area contributed by atoms with Crippen LogP contribution in [0.5, 0.6) is 5.75 Å². The Morgan fingerprint density at radius 2 is 1.75 bits per heavy atom. The SMILES string of the molecule is O=C(NC1CCOc2ccc(-c3ccc(C(F)(F)F)cc3)cc21)O[C@@H]1CN2CCC1CC2. The van der Waals surface area contributed by atoms with Crippen LogP contribution in [0.4, 0.5) is 18.0 Å². The van der Waals surface area contributed by atoms with Gasteiger partial charge < -0.3 is 14.8 Å². The minimum atomic E-state index is -4.37. The molecule has 6 rings (SSSR count). The number of nitrogens with one attached hydrogen (secondary N) is 1. The third kappa shape index (κ3) is 4.28. The number of alkyl halides is 3. The summed E-state index contributed by atoms with van der Waals surface area (Å²) in [7, 11) is 0. The molecule has 2 aromatic carbocycles. The van der Waals surface area contributed by atoms with Gasteiger partial charge in [0, 0.05) is 18.5 Å². The monoisotopic (exact) mass is 446 g/mol. The van der Waals surface area contributed by atoms with Crippen molar-refractivity contribution in [1.29, 1.82) is 0 Å². The number of carbonyl (C=O) groups is 1. The van der Waals surface area contributed by atoms with Crippen LogP contribution in [-0.4, -0.2) is 43.3 Å². The number of amides is 1. The average molecular weight is 446 g/mol. The van der Waals surface area contributed by atoms with E-state index < -0.39 is 17.8 Å². The Morgan fingerprint density at radius 1 is 1.03 bits per heavy atom. The fourth-order valence-electron chi connectivity index (χ4n) is 4.93. The van der Waals surface area contributed by atoms with E-state index in [1.165, 1.54) is 12.1 Å². The highest BCUT2D eigenvalue weighted by molar-refractivity contribution is 5.70. The number of piperidine rings is 3. The van der Waals surface area contributed by atoms with Crippen molar-refractivity contribution in [3.63, 3.8) is 0 Å². The molecule has 0 aromatic heterocycles. The molecule has 4 aliphatic heterocycles. The first-order chi connectivity index (χ1) is 15.4. The van der Waals surface area contributed by atoms with E-state index in [4.69, 9.17) is 9.47 Å². The van der Waals surface area contributed by atoms with E-state index in [2.05, 4.69) is 10.2 Å². The first kappa shape index (κ1) is 21.1. The lowest BCUT2D eigenvalue weighted by Crippen LogP contribution is -2.52. The summed E-state index contributed by atoms with van der Waals surface area (Å²) in [6.45, 7) is 3.41. The zero-order valence-corrected chi connectivity index (χ0v) is 17.5. The molecular formula is C24H25F3N2O3. The number of ether oxygens (including phenoxy) is 2. The Hall–Kier alpha value is -2.74. The second kappa shape index (κ2) is 8.31. The van der Waals surface area contributed by atoms with Gasteiger partial charge in [0.25, 0.3) is 0 Å². The topological polar surface area (TPSA) is 50.8 Å². The van der Waals surface area contributed by atoms with Crippen molar-refractivity contribution in [2.24, 2.45) is 5.92 Å². The van der Waals surface area contributed by atoms with Gasteiger partial charge in [0.05, 0.1) is 18.2 Å². The van der Waals surface area contributed by atoms with E-state index in [9.17, 15) is 18.0 Å². The number of rotatable bonds is 3. The predicted octanol–water partition coefficient (Wildman–Crippen LogP) is 5.02. The average Bonchev–Trinajstić information content (AvgIpc) is 2.79. The summed E-state index contributed by atoms with van der Waals surface area (Å²) >= 11 is 0. The van der Waals surface area contributed by atoms with Crippen LogP contribution in [0.15, 0.2) is 42.5 Å². The first-order valence-electron chi connectivity index (χ1n) is 11.0. The Bertz CT molecular complexity index is 985. The van der Waals surface area contributed by atoms with Gasteiger partial charge in [-0.15, -0.1) is 0 Å². The summed E-state index contributed by atoms with van der Waals surface area (Å²) in [6, 6.07) is 10.3. The summed E-state index contributed by atoms with van der Waals surface area (Å²) in [5, 5.41) is 2.98. The summed E-state index contributed by atoms with van der Waals surface area (Å²) in [4.78, 5) is 15.0. The number of nitrogens with zero attached hydrogens (tertiary/aromatic N) is 1. The van der Waals surface area contributed by atoms with Gasteiger partial charge in [-0.2, -0.15) is 13.2 Å². The maximum atomic E-state index is 12.9. The maximum absolute atomic E-state index is 12.9. The molecule has 5 nitrogen and oxygen atoms in total. The van der Waals surface area contributed by atoms with Gasteiger partial charge in [-0.3, -0.25) is 4.90 Å². The molecule has 0 saturated carbocycles. The number of benzene rings is 2. The van der Waals surface area contributed by atoms with Crippen molar-refractivity contribution in [1.82, 2.24) is 10.2 Å². The fraction of sp³-hybridized carbons (Fsp3) is 0.458. The van der Waals surface area contributed by atoms with Crippen LogP contribution < -0.4 is 10.1 Å². The highest BCUT2D eigenvalue weighted by Crippen LogP contribution is 2.37. The molecule has 3 fully saturated rings. The highest BCUT2D eigenvalue weighted by atomic mass is 19.4. The summed E-state index contributed by atoms with van der Waals surface area (Å²) in [6.07, 6.45) is -2.15. The predicted molar refractivity (Wildman–Crippen MR) is 112 cm³/mol. The van der Waals surface area contributed by atoms with E-state index in [-0.39, 0.29) is 12.1 Å². The Kier molecular flexibility index (Phi) is 5.49. The van der Waals surface area contributed by atoms with Crippen molar-refractivity contribution < 1.29 is 27.4 Å². The molecule has 4 aliphatic rings. The lowest BCUT2D eigenvalue weighted by atomic mass is 9.86. The van der Waals surface area contributed by atoms with Gasteiger partial charge in [-0.1, -0.05) is 18.2 Å². The third-order valence-electron chi connectivity index (χ3n) is 6.74. The van der Waals surface area contributed by atoms with Crippen LogP contribution in [0.2, 0.25) is 0 Å².